The van der Waals surface area contributed by atoms with Crippen LogP contribution in [0.5, 0.6) is 5.75 Å². The molecule has 7 heteroatoms. The van der Waals surface area contributed by atoms with Crippen LogP contribution >= 0.6 is 11.6 Å². The zero-order chi connectivity index (χ0) is 20.8. The van der Waals surface area contributed by atoms with E-state index in [1.54, 1.807) is 43.5 Å². The second-order valence-corrected chi connectivity index (χ2v) is 6.85. The molecular weight excluding hydrogens is 392 g/mol. The van der Waals surface area contributed by atoms with Gasteiger partial charge >= 0.3 is 0 Å². The molecule has 0 fully saturated rings. The van der Waals surface area contributed by atoms with Crippen molar-refractivity contribution in [1.29, 1.82) is 0 Å². The van der Waals surface area contributed by atoms with Gasteiger partial charge < -0.3 is 10.1 Å². The number of hydrogen-bond acceptors (Lipinski definition) is 5. The number of ether oxygens (including phenoxy) is 1. The van der Waals surface area contributed by atoms with E-state index < -0.39 is 4.92 Å². The third kappa shape index (κ3) is 5.33. The number of benzene rings is 3. The molecule has 1 unspecified atom stereocenters. The fourth-order valence-electron chi connectivity index (χ4n) is 2.94. The van der Waals surface area contributed by atoms with Crippen LogP contribution in [0.15, 0.2) is 72.8 Å². The minimum atomic E-state index is -0.452. The molecule has 0 aromatic heterocycles. The Balaban J connectivity index is 1.88. The summed E-state index contributed by atoms with van der Waals surface area (Å²) in [7, 11) is 1.58. The Morgan fingerprint density at radius 2 is 1.79 bits per heavy atom. The van der Waals surface area contributed by atoms with E-state index in [1.807, 2.05) is 24.3 Å². The minimum absolute atomic E-state index is 0.0208. The van der Waals surface area contributed by atoms with Crippen LogP contribution in [0.25, 0.3) is 0 Å². The van der Waals surface area contributed by atoms with Crippen molar-refractivity contribution < 1.29 is 14.5 Å². The Hall–Kier alpha value is -3.38. The average Bonchev–Trinajstić information content (AvgIpc) is 2.74. The molecule has 0 saturated heterocycles. The van der Waals surface area contributed by atoms with Gasteiger partial charge in [-0.3, -0.25) is 14.9 Å². The van der Waals surface area contributed by atoms with E-state index in [2.05, 4.69) is 5.32 Å². The van der Waals surface area contributed by atoms with Gasteiger partial charge in [-0.2, -0.15) is 0 Å². The Labute approximate surface area is 173 Å². The Bertz CT molecular complexity index is 1000. The number of nitrogens with one attached hydrogen (secondary N) is 1. The molecule has 0 spiro atoms. The van der Waals surface area contributed by atoms with Crippen LogP contribution in [-0.4, -0.2) is 17.8 Å². The lowest BCUT2D eigenvalue weighted by atomic mass is 9.97. The van der Waals surface area contributed by atoms with Gasteiger partial charge in [0.05, 0.1) is 18.1 Å². The van der Waals surface area contributed by atoms with Gasteiger partial charge in [0, 0.05) is 34.8 Å². The highest BCUT2D eigenvalue weighted by Crippen LogP contribution is 2.28. The van der Waals surface area contributed by atoms with Gasteiger partial charge in [-0.1, -0.05) is 29.8 Å². The first-order valence-electron chi connectivity index (χ1n) is 8.90. The summed E-state index contributed by atoms with van der Waals surface area (Å²) in [6.07, 6.45) is 0.163. The molecule has 0 aliphatic rings. The molecule has 0 bridgehead atoms. The normalized spacial score (nSPS) is 11.5. The highest BCUT2D eigenvalue weighted by Gasteiger charge is 2.18. The van der Waals surface area contributed by atoms with Crippen LogP contribution in [0.3, 0.4) is 0 Å². The molecule has 1 atom stereocenters. The van der Waals surface area contributed by atoms with Gasteiger partial charge in [-0.05, 0) is 48.0 Å². The summed E-state index contributed by atoms with van der Waals surface area (Å²) in [5.41, 5.74) is 1.95. The second kappa shape index (κ2) is 9.21. The number of methoxy groups -OCH3 is 1. The molecule has 0 amide bonds. The minimum Gasteiger partial charge on any atom is -0.497 e. The molecule has 0 radical (unpaired) electrons. The maximum atomic E-state index is 12.8. The van der Waals surface area contributed by atoms with Crippen molar-refractivity contribution in [3.05, 3.63) is 99.1 Å². The lowest BCUT2D eigenvalue weighted by Crippen LogP contribution is -2.16. The van der Waals surface area contributed by atoms with Crippen molar-refractivity contribution in [2.24, 2.45) is 0 Å². The number of hydrogen-bond donors (Lipinski definition) is 1. The molecule has 3 rings (SSSR count). The number of ketones is 1. The lowest BCUT2D eigenvalue weighted by Gasteiger charge is -2.20. The zero-order valence-electron chi connectivity index (χ0n) is 15.7. The first-order chi connectivity index (χ1) is 14.0. The number of nitro groups is 1. The second-order valence-electron chi connectivity index (χ2n) is 6.41. The van der Waals surface area contributed by atoms with E-state index in [4.69, 9.17) is 16.3 Å². The average molecular weight is 411 g/mol. The largest absolute Gasteiger partial charge is 0.497 e. The summed E-state index contributed by atoms with van der Waals surface area (Å²) in [6, 6.07) is 19.9. The van der Waals surface area contributed by atoms with Crippen molar-refractivity contribution in [1.82, 2.24) is 0 Å². The molecule has 3 aromatic carbocycles. The van der Waals surface area contributed by atoms with Crippen LogP contribution in [-0.2, 0) is 0 Å². The van der Waals surface area contributed by atoms with Gasteiger partial charge in [0.1, 0.15) is 5.75 Å². The quantitative estimate of drug-likeness (QED) is 0.293. The fourth-order valence-corrected chi connectivity index (χ4v) is 3.06. The fraction of sp³-hybridized carbons (Fsp3) is 0.136. The van der Waals surface area contributed by atoms with Crippen LogP contribution < -0.4 is 10.1 Å². The molecule has 29 heavy (non-hydrogen) atoms. The van der Waals surface area contributed by atoms with Crippen LogP contribution in [0.4, 0.5) is 11.4 Å². The highest BCUT2D eigenvalue weighted by atomic mass is 35.5. The monoisotopic (exact) mass is 410 g/mol. The Morgan fingerprint density at radius 1 is 1.10 bits per heavy atom. The number of carbonyl (C=O) groups excluding carboxylic acids is 1. The van der Waals surface area contributed by atoms with Gasteiger partial charge in [-0.15, -0.1) is 0 Å². The van der Waals surface area contributed by atoms with Crippen molar-refractivity contribution in [2.45, 2.75) is 12.5 Å². The molecule has 0 saturated carbocycles. The highest BCUT2D eigenvalue weighted by molar-refractivity contribution is 6.30. The number of carbonyl (C=O) groups is 1. The number of anilines is 1. The summed E-state index contributed by atoms with van der Waals surface area (Å²) >= 11 is 5.90. The molecular formula is C22H19ClN2O4. The SMILES string of the molecule is COc1ccc(C(CC(=O)c2ccc(Cl)cc2)Nc2cccc([N+](=O)[O-])c2)cc1. The van der Waals surface area contributed by atoms with Crippen molar-refractivity contribution in [3.8, 4) is 5.75 Å². The van der Waals surface area contributed by atoms with E-state index in [0.29, 0.717) is 22.0 Å². The molecule has 6 nitrogen and oxygen atoms in total. The number of rotatable bonds is 8. The van der Waals surface area contributed by atoms with Crippen LogP contribution in [0, 0.1) is 10.1 Å². The summed E-state index contributed by atoms with van der Waals surface area (Å²) < 4.78 is 5.20. The number of nitro benzene ring substituents is 1. The Kier molecular flexibility index (Phi) is 6.46. The van der Waals surface area contributed by atoms with Gasteiger partial charge in [0.25, 0.3) is 5.69 Å². The van der Waals surface area contributed by atoms with Crippen molar-refractivity contribution in [3.63, 3.8) is 0 Å². The summed E-state index contributed by atoms with van der Waals surface area (Å²) in [5.74, 6) is 0.632. The first kappa shape index (κ1) is 20.4. The van der Waals surface area contributed by atoms with Gasteiger partial charge in [-0.25, -0.2) is 0 Å². The standard InChI is InChI=1S/C22H19ClN2O4/c1-29-20-11-7-15(8-12-20)21(14-22(26)16-5-9-17(23)10-6-16)24-18-3-2-4-19(13-18)25(27)28/h2-13,21,24H,14H2,1H3. The molecule has 0 heterocycles. The zero-order valence-corrected chi connectivity index (χ0v) is 16.4. The molecule has 148 valence electrons. The number of halogens is 1. The molecule has 1 N–H and O–H groups in total. The third-order valence-corrected chi connectivity index (χ3v) is 4.72. The number of non-ortho nitro benzene ring substituents is 1. The topological polar surface area (TPSA) is 81.5 Å². The first-order valence-corrected chi connectivity index (χ1v) is 9.28. The van der Waals surface area contributed by atoms with E-state index in [1.165, 1.54) is 12.1 Å². The van der Waals surface area contributed by atoms with Crippen LogP contribution in [0.1, 0.15) is 28.4 Å². The lowest BCUT2D eigenvalue weighted by molar-refractivity contribution is -0.384. The molecule has 3 aromatic rings. The molecule has 0 aliphatic heterocycles. The smallest absolute Gasteiger partial charge is 0.271 e. The van der Waals surface area contributed by atoms with Crippen molar-refractivity contribution in [2.75, 3.05) is 12.4 Å². The van der Waals surface area contributed by atoms with E-state index in [0.717, 1.165) is 5.56 Å². The summed E-state index contributed by atoms with van der Waals surface area (Å²) in [5, 5.41) is 14.9. The number of Topliss-reactive ketones (excluding diaryl/α,β-unsaturated/α-hetero) is 1. The van der Waals surface area contributed by atoms with Gasteiger partial charge in [0.15, 0.2) is 5.78 Å². The van der Waals surface area contributed by atoms with E-state index >= 15 is 0 Å². The maximum Gasteiger partial charge on any atom is 0.271 e. The maximum absolute atomic E-state index is 12.8. The van der Waals surface area contributed by atoms with Crippen LogP contribution in [0.2, 0.25) is 5.02 Å². The van der Waals surface area contributed by atoms with E-state index in [-0.39, 0.29) is 23.9 Å². The predicted octanol–water partition coefficient (Wildman–Crippen LogP) is 5.68. The van der Waals surface area contributed by atoms with Crippen molar-refractivity contribution >= 4 is 28.8 Å². The Morgan fingerprint density at radius 3 is 2.41 bits per heavy atom. The third-order valence-electron chi connectivity index (χ3n) is 4.47. The van der Waals surface area contributed by atoms with E-state index in [9.17, 15) is 14.9 Å². The number of nitrogens with zero attached hydrogens (tertiary/aromatic N) is 1. The summed E-state index contributed by atoms with van der Waals surface area (Å²) in [6.45, 7) is 0. The predicted molar refractivity (Wildman–Crippen MR) is 113 cm³/mol. The molecule has 0 aliphatic carbocycles. The van der Waals surface area contributed by atoms with Gasteiger partial charge in [0.2, 0.25) is 0 Å². The summed E-state index contributed by atoms with van der Waals surface area (Å²) in [4.78, 5) is 23.4.